The lowest BCUT2D eigenvalue weighted by Crippen LogP contribution is -2.44. The Morgan fingerprint density at radius 2 is 2.05 bits per heavy atom. The zero-order valence-electron chi connectivity index (χ0n) is 11.6. The molecule has 2 amide bonds. The molecule has 0 aliphatic carbocycles. The molecule has 106 valence electrons. The summed E-state index contributed by atoms with van der Waals surface area (Å²) in [5, 5.41) is 2.81. The largest absolute Gasteiger partial charge is 0.345 e. The second kappa shape index (κ2) is 5.15. The maximum absolute atomic E-state index is 12.1. The van der Waals surface area contributed by atoms with Gasteiger partial charge in [-0.15, -0.1) is 0 Å². The number of thioether (sulfide) groups is 1. The SMILES string of the molecule is CC(C)(C)N1CC(C(=O)NC2CCSC2=O)CC1=O. The van der Waals surface area contributed by atoms with Crippen molar-refractivity contribution in [3.8, 4) is 0 Å². The number of carbonyl (C=O) groups is 3. The molecule has 0 spiro atoms. The van der Waals surface area contributed by atoms with Gasteiger partial charge in [-0.05, 0) is 27.2 Å². The summed E-state index contributed by atoms with van der Waals surface area (Å²) in [6.45, 7) is 6.33. The van der Waals surface area contributed by atoms with Gasteiger partial charge in [-0.1, -0.05) is 11.8 Å². The van der Waals surface area contributed by atoms with Crippen LogP contribution in [0.5, 0.6) is 0 Å². The summed E-state index contributed by atoms with van der Waals surface area (Å²) in [5.41, 5.74) is -0.259. The Balaban J connectivity index is 1.95. The van der Waals surface area contributed by atoms with Crippen molar-refractivity contribution in [3.05, 3.63) is 0 Å². The van der Waals surface area contributed by atoms with Gasteiger partial charge in [-0.25, -0.2) is 0 Å². The normalized spacial score (nSPS) is 28.1. The van der Waals surface area contributed by atoms with Crippen molar-refractivity contribution >= 4 is 28.7 Å². The smallest absolute Gasteiger partial charge is 0.226 e. The third-order valence-corrected chi connectivity index (χ3v) is 4.57. The number of hydrogen-bond donors (Lipinski definition) is 1. The Bertz CT molecular complexity index is 417. The van der Waals surface area contributed by atoms with E-state index < -0.39 is 0 Å². The number of likely N-dealkylation sites (tertiary alicyclic amines) is 1. The van der Waals surface area contributed by atoms with E-state index in [1.54, 1.807) is 4.90 Å². The van der Waals surface area contributed by atoms with Crippen molar-refractivity contribution in [2.24, 2.45) is 5.92 Å². The average Bonchev–Trinajstić information content (AvgIpc) is 2.85. The molecule has 2 fully saturated rings. The fourth-order valence-electron chi connectivity index (χ4n) is 2.45. The minimum absolute atomic E-state index is 0.0137. The molecular formula is C13H20N2O3S. The number of nitrogens with one attached hydrogen (secondary N) is 1. The minimum atomic E-state index is -0.365. The molecule has 19 heavy (non-hydrogen) atoms. The van der Waals surface area contributed by atoms with Crippen molar-refractivity contribution < 1.29 is 14.4 Å². The molecule has 0 aromatic carbocycles. The monoisotopic (exact) mass is 284 g/mol. The molecule has 2 heterocycles. The van der Waals surface area contributed by atoms with Crippen LogP contribution in [0.15, 0.2) is 0 Å². The molecule has 0 radical (unpaired) electrons. The zero-order valence-corrected chi connectivity index (χ0v) is 12.4. The van der Waals surface area contributed by atoms with Crippen LogP contribution < -0.4 is 5.32 Å². The van der Waals surface area contributed by atoms with Crippen LogP contribution in [0.1, 0.15) is 33.6 Å². The molecule has 2 atom stereocenters. The van der Waals surface area contributed by atoms with E-state index >= 15 is 0 Å². The van der Waals surface area contributed by atoms with Crippen LogP contribution in [0, 0.1) is 5.92 Å². The lowest BCUT2D eigenvalue weighted by molar-refractivity contribution is -0.132. The number of carbonyl (C=O) groups excluding carboxylic acids is 3. The maximum Gasteiger partial charge on any atom is 0.226 e. The number of hydrogen-bond acceptors (Lipinski definition) is 4. The molecular weight excluding hydrogens is 264 g/mol. The predicted octanol–water partition coefficient (Wildman–Crippen LogP) is 0.782. The van der Waals surface area contributed by atoms with Crippen molar-refractivity contribution in [1.29, 1.82) is 0 Å². The average molecular weight is 284 g/mol. The van der Waals surface area contributed by atoms with Gasteiger partial charge < -0.3 is 10.2 Å². The summed E-state index contributed by atoms with van der Waals surface area (Å²) >= 11 is 1.26. The van der Waals surface area contributed by atoms with Gasteiger partial charge in [0, 0.05) is 24.3 Å². The van der Waals surface area contributed by atoms with Crippen molar-refractivity contribution in [2.45, 2.75) is 45.2 Å². The van der Waals surface area contributed by atoms with Crippen molar-refractivity contribution in [3.63, 3.8) is 0 Å². The van der Waals surface area contributed by atoms with Gasteiger partial charge in [0.25, 0.3) is 0 Å². The van der Waals surface area contributed by atoms with E-state index in [1.165, 1.54) is 11.8 Å². The third-order valence-electron chi connectivity index (χ3n) is 3.56. The number of rotatable bonds is 2. The topological polar surface area (TPSA) is 66.5 Å². The minimum Gasteiger partial charge on any atom is -0.345 e. The van der Waals surface area contributed by atoms with Gasteiger partial charge in [-0.3, -0.25) is 14.4 Å². The fraction of sp³-hybridized carbons (Fsp3) is 0.769. The van der Waals surface area contributed by atoms with E-state index in [9.17, 15) is 14.4 Å². The van der Waals surface area contributed by atoms with Gasteiger partial charge in [0.05, 0.1) is 12.0 Å². The van der Waals surface area contributed by atoms with Crippen LogP contribution in [0.3, 0.4) is 0 Å². The molecule has 0 saturated carbocycles. The summed E-state index contributed by atoms with van der Waals surface area (Å²) in [6, 6.07) is -0.365. The highest BCUT2D eigenvalue weighted by atomic mass is 32.2. The number of nitrogens with zero attached hydrogens (tertiary/aromatic N) is 1. The molecule has 2 aliphatic rings. The number of amides is 2. The quantitative estimate of drug-likeness (QED) is 0.814. The Labute approximate surface area is 117 Å². The van der Waals surface area contributed by atoms with Crippen LogP contribution in [0.25, 0.3) is 0 Å². The third kappa shape index (κ3) is 3.11. The first-order valence-electron chi connectivity index (χ1n) is 6.56. The summed E-state index contributed by atoms with van der Waals surface area (Å²) in [6.07, 6.45) is 0.941. The Morgan fingerprint density at radius 1 is 1.37 bits per heavy atom. The van der Waals surface area contributed by atoms with Crippen molar-refractivity contribution in [1.82, 2.24) is 10.2 Å². The Morgan fingerprint density at radius 3 is 2.53 bits per heavy atom. The molecule has 5 nitrogen and oxygen atoms in total. The van der Waals surface area contributed by atoms with Gasteiger partial charge >= 0.3 is 0 Å². The maximum atomic E-state index is 12.1. The first-order chi connectivity index (χ1) is 8.79. The molecule has 2 unspecified atom stereocenters. The predicted molar refractivity (Wildman–Crippen MR) is 73.6 cm³/mol. The van der Waals surface area contributed by atoms with E-state index in [2.05, 4.69) is 5.32 Å². The van der Waals surface area contributed by atoms with Crippen LogP contribution in [0.2, 0.25) is 0 Å². The van der Waals surface area contributed by atoms with E-state index in [-0.39, 0.29) is 40.8 Å². The highest BCUT2D eigenvalue weighted by Crippen LogP contribution is 2.26. The molecule has 0 bridgehead atoms. The van der Waals surface area contributed by atoms with Gasteiger partial charge in [-0.2, -0.15) is 0 Å². The first kappa shape index (κ1) is 14.4. The molecule has 2 rings (SSSR count). The van der Waals surface area contributed by atoms with Crippen LogP contribution in [-0.2, 0) is 14.4 Å². The highest BCUT2D eigenvalue weighted by Gasteiger charge is 2.40. The fourth-order valence-corrected chi connectivity index (χ4v) is 3.38. The second-order valence-corrected chi connectivity index (χ2v) is 7.19. The summed E-state index contributed by atoms with van der Waals surface area (Å²) in [4.78, 5) is 37.2. The summed E-state index contributed by atoms with van der Waals surface area (Å²) in [5.74, 6) is 0.285. The molecule has 0 aromatic rings. The Hall–Kier alpha value is -1.04. The van der Waals surface area contributed by atoms with E-state index in [4.69, 9.17) is 0 Å². The molecule has 6 heteroatoms. The van der Waals surface area contributed by atoms with Crippen LogP contribution in [0.4, 0.5) is 0 Å². The molecule has 2 aliphatic heterocycles. The van der Waals surface area contributed by atoms with Crippen molar-refractivity contribution in [2.75, 3.05) is 12.3 Å². The highest BCUT2D eigenvalue weighted by molar-refractivity contribution is 8.14. The molecule has 0 aromatic heterocycles. The van der Waals surface area contributed by atoms with E-state index in [1.807, 2.05) is 20.8 Å². The van der Waals surface area contributed by atoms with Crippen LogP contribution in [-0.4, -0.2) is 45.7 Å². The summed E-state index contributed by atoms with van der Waals surface area (Å²) in [7, 11) is 0. The van der Waals surface area contributed by atoms with Gasteiger partial charge in [0.1, 0.15) is 0 Å². The second-order valence-electron chi connectivity index (χ2n) is 6.09. The lowest BCUT2D eigenvalue weighted by Gasteiger charge is -2.32. The van der Waals surface area contributed by atoms with Gasteiger partial charge in [0.15, 0.2) is 0 Å². The molecule has 1 N–H and O–H groups in total. The molecule has 2 saturated heterocycles. The zero-order chi connectivity index (χ0) is 14.2. The van der Waals surface area contributed by atoms with Gasteiger partial charge in [0.2, 0.25) is 16.9 Å². The summed E-state index contributed by atoms with van der Waals surface area (Å²) < 4.78 is 0. The standard InChI is InChI=1S/C13H20N2O3S/c1-13(2,3)15-7-8(6-10(15)16)11(17)14-9-4-5-19-12(9)18/h8-9H,4-7H2,1-3H3,(H,14,17). The lowest BCUT2D eigenvalue weighted by atomic mass is 10.1. The van der Waals surface area contributed by atoms with E-state index in [0.717, 1.165) is 5.75 Å². The Kier molecular flexibility index (Phi) is 3.90. The van der Waals surface area contributed by atoms with Crippen LogP contribution >= 0.6 is 11.8 Å². The first-order valence-corrected chi connectivity index (χ1v) is 7.55. The van der Waals surface area contributed by atoms with E-state index in [0.29, 0.717) is 13.0 Å².